The lowest BCUT2D eigenvalue weighted by Gasteiger charge is -2.31. The molecular formula is C16H15ClN2O3. The number of hydrogen-bond acceptors (Lipinski definition) is 3. The number of benzene rings is 1. The maximum Gasteiger partial charge on any atom is 0.308 e. The summed E-state index contributed by atoms with van der Waals surface area (Å²) in [5.41, 5.74) is 1.02. The largest absolute Gasteiger partial charge is 0.481 e. The summed E-state index contributed by atoms with van der Waals surface area (Å²) in [7, 11) is 0. The number of carboxylic acid groups (broad SMARTS) is 1. The molecule has 1 aromatic carbocycles. The van der Waals surface area contributed by atoms with Crippen molar-refractivity contribution < 1.29 is 14.7 Å². The molecule has 1 N–H and O–H groups in total. The topological polar surface area (TPSA) is 70.5 Å². The van der Waals surface area contributed by atoms with E-state index >= 15 is 0 Å². The lowest BCUT2D eigenvalue weighted by Crippen LogP contribution is -2.42. The van der Waals surface area contributed by atoms with E-state index in [1.807, 2.05) is 6.07 Å². The van der Waals surface area contributed by atoms with Crippen molar-refractivity contribution in [2.75, 3.05) is 13.1 Å². The number of aromatic nitrogens is 1. The Labute approximate surface area is 132 Å². The molecule has 0 radical (unpaired) electrons. The standard InChI is InChI=1S/C16H15ClN2O3/c17-13-6-5-12(14-11(13)4-1-7-18-14)15(20)19-8-2-3-10(9-19)16(21)22/h1,4-7,10H,2-3,8-9H2,(H,21,22). The molecule has 1 aliphatic rings. The van der Waals surface area contributed by atoms with E-state index in [1.165, 1.54) is 0 Å². The van der Waals surface area contributed by atoms with Crippen LogP contribution < -0.4 is 0 Å². The van der Waals surface area contributed by atoms with Gasteiger partial charge in [0.05, 0.1) is 22.0 Å². The first-order chi connectivity index (χ1) is 10.6. The van der Waals surface area contributed by atoms with Crippen LogP contribution in [-0.2, 0) is 4.79 Å². The van der Waals surface area contributed by atoms with E-state index in [2.05, 4.69) is 4.98 Å². The predicted molar refractivity (Wildman–Crippen MR) is 83.0 cm³/mol. The smallest absolute Gasteiger partial charge is 0.308 e. The SMILES string of the molecule is O=C(O)C1CCCN(C(=O)c2ccc(Cl)c3cccnc23)C1. The Morgan fingerprint density at radius 1 is 1.32 bits per heavy atom. The van der Waals surface area contributed by atoms with E-state index in [1.54, 1.807) is 29.3 Å². The normalized spacial score (nSPS) is 18.4. The molecule has 0 aliphatic carbocycles. The minimum absolute atomic E-state index is 0.189. The molecule has 6 heteroatoms. The lowest BCUT2D eigenvalue weighted by atomic mass is 9.97. The number of fused-ring (bicyclic) bond motifs is 1. The van der Waals surface area contributed by atoms with Crippen LogP contribution in [0, 0.1) is 5.92 Å². The lowest BCUT2D eigenvalue weighted by molar-refractivity contribution is -0.143. The van der Waals surface area contributed by atoms with Gasteiger partial charge in [-0.3, -0.25) is 14.6 Å². The molecule has 0 bridgehead atoms. The fourth-order valence-corrected chi connectivity index (χ4v) is 3.06. The van der Waals surface area contributed by atoms with Crippen LogP contribution >= 0.6 is 11.6 Å². The van der Waals surface area contributed by atoms with Crippen molar-refractivity contribution in [3.63, 3.8) is 0 Å². The highest BCUT2D eigenvalue weighted by atomic mass is 35.5. The average Bonchev–Trinajstić information content (AvgIpc) is 2.55. The van der Waals surface area contributed by atoms with E-state index in [0.717, 1.165) is 5.39 Å². The van der Waals surface area contributed by atoms with E-state index < -0.39 is 11.9 Å². The number of halogens is 1. The highest BCUT2D eigenvalue weighted by molar-refractivity contribution is 6.36. The van der Waals surface area contributed by atoms with Crippen molar-refractivity contribution in [3.05, 3.63) is 41.0 Å². The number of pyridine rings is 1. The van der Waals surface area contributed by atoms with Gasteiger partial charge in [0.1, 0.15) is 0 Å². The Kier molecular flexibility index (Phi) is 3.98. The summed E-state index contributed by atoms with van der Waals surface area (Å²) in [6, 6.07) is 6.92. The van der Waals surface area contributed by atoms with Gasteiger partial charge in [-0.1, -0.05) is 11.6 Å². The van der Waals surface area contributed by atoms with Gasteiger partial charge >= 0.3 is 5.97 Å². The van der Waals surface area contributed by atoms with Gasteiger partial charge in [-0.2, -0.15) is 0 Å². The zero-order valence-electron chi connectivity index (χ0n) is 11.8. The van der Waals surface area contributed by atoms with Crippen LogP contribution in [0.5, 0.6) is 0 Å². The molecule has 5 nitrogen and oxygen atoms in total. The van der Waals surface area contributed by atoms with Crippen LogP contribution in [0.1, 0.15) is 23.2 Å². The first-order valence-corrected chi connectivity index (χ1v) is 7.51. The van der Waals surface area contributed by atoms with Crippen LogP contribution in [0.2, 0.25) is 5.02 Å². The molecule has 1 saturated heterocycles. The van der Waals surface area contributed by atoms with E-state index in [0.29, 0.717) is 35.5 Å². The number of carbonyl (C=O) groups excluding carboxylic acids is 1. The molecule has 1 amide bonds. The van der Waals surface area contributed by atoms with Gasteiger partial charge in [0.15, 0.2) is 0 Å². The highest BCUT2D eigenvalue weighted by Gasteiger charge is 2.29. The minimum Gasteiger partial charge on any atom is -0.481 e. The van der Waals surface area contributed by atoms with Gasteiger partial charge in [0, 0.05) is 24.7 Å². The molecule has 114 valence electrons. The Morgan fingerprint density at radius 2 is 2.14 bits per heavy atom. The van der Waals surface area contributed by atoms with Gasteiger partial charge in [-0.15, -0.1) is 0 Å². The summed E-state index contributed by atoms with van der Waals surface area (Å²) >= 11 is 6.14. The average molecular weight is 319 g/mol. The Hall–Kier alpha value is -2.14. The number of piperidine rings is 1. The fourth-order valence-electron chi connectivity index (χ4n) is 2.84. The zero-order valence-corrected chi connectivity index (χ0v) is 12.6. The molecule has 3 rings (SSSR count). The number of likely N-dealkylation sites (tertiary alicyclic amines) is 1. The van der Waals surface area contributed by atoms with Crippen LogP contribution in [-0.4, -0.2) is 40.0 Å². The number of carboxylic acids is 1. The number of hydrogen-bond donors (Lipinski definition) is 1. The predicted octanol–water partition coefficient (Wildman–Crippen LogP) is 2.83. The second-order valence-electron chi connectivity index (χ2n) is 5.42. The van der Waals surface area contributed by atoms with Crippen molar-refractivity contribution >= 4 is 34.4 Å². The summed E-state index contributed by atoms with van der Waals surface area (Å²) in [6.45, 7) is 0.810. The zero-order chi connectivity index (χ0) is 15.7. The number of nitrogens with zero attached hydrogens (tertiary/aromatic N) is 2. The Balaban J connectivity index is 1.96. The molecular weight excluding hydrogens is 304 g/mol. The number of rotatable bonds is 2. The molecule has 22 heavy (non-hydrogen) atoms. The van der Waals surface area contributed by atoms with Crippen LogP contribution in [0.15, 0.2) is 30.5 Å². The summed E-state index contributed by atoms with van der Waals surface area (Å²) < 4.78 is 0. The minimum atomic E-state index is -0.850. The third kappa shape index (κ3) is 2.64. The van der Waals surface area contributed by atoms with Gasteiger partial charge in [0.2, 0.25) is 0 Å². The van der Waals surface area contributed by atoms with Gasteiger partial charge in [-0.25, -0.2) is 0 Å². The second kappa shape index (κ2) is 5.93. The van der Waals surface area contributed by atoms with Gasteiger partial charge < -0.3 is 10.0 Å². The molecule has 2 aromatic rings. The number of amides is 1. The first kappa shape index (κ1) is 14.8. The van der Waals surface area contributed by atoms with E-state index in [9.17, 15) is 9.59 Å². The van der Waals surface area contributed by atoms with Crippen molar-refractivity contribution in [2.45, 2.75) is 12.8 Å². The van der Waals surface area contributed by atoms with Crippen LogP contribution in [0.25, 0.3) is 10.9 Å². The molecule has 1 unspecified atom stereocenters. The van der Waals surface area contributed by atoms with Crippen molar-refractivity contribution in [1.82, 2.24) is 9.88 Å². The summed E-state index contributed by atoms with van der Waals surface area (Å²) in [5.74, 6) is -1.54. The molecule has 1 atom stereocenters. The quantitative estimate of drug-likeness (QED) is 0.924. The number of aliphatic carboxylic acids is 1. The fraction of sp³-hybridized carbons (Fsp3) is 0.312. The summed E-state index contributed by atoms with van der Waals surface area (Å²) in [6.07, 6.45) is 2.92. The van der Waals surface area contributed by atoms with Crippen molar-refractivity contribution in [2.24, 2.45) is 5.92 Å². The molecule has 1 fully saturated rings. The molecule has 1 aliphatic heterocycles. The van der Waals surface area contributed by atoms with E-state index in [-0.39, 0.29) is 12.5 Å². The summed E-state index contributed by atoms with van der Waals surface area (Å²) in [4.78, 5) is 29.8. The first-order valence-electron chi connectivity index (χ1n) is 7.13. The van der Waals surface area contributed by atoms with Crippen LogP contribution in [0.3, 0.4) is 0 Å². The third-order valence-corrected chi connectivity index (χ3v) is 4.33. The molecule has 0 saturated carbocycles. The Bertz CT molecular complexity index is 747. The maximum atomic E-state index is 12.7. The maximum absolute atomic E-state index is 12.7. The van der Waals surface area contributed by atoms with Gasteiger partial charge in [0.25, 0.3) is 5.91 Å². The molecule has 1 aromatic heterocycles. The number of carbonyl (C=O) groups is 2. The van der Waals surface area contributed by atoms with Crippen molar-refractivity contribution in [1.29, 1.82) is 0 Å². The Morgan fingerprint density at radius 3 is 2.91 bits per heavy atom. The molecule has 2 heterocycles. The second-order valence-corrected chi connectivity index (χ2v) is 5.83. The van der Waals surface area contributed by atoms with E-state index in [4.69, 9.17) is 16.7 Å². The van der Waals surface area contributed by atoms with Crippen LogP contribution in [0.4, 0.5) is 0 Å². The summed E-state index contributed by atoms with van der Waals surface area (Å²) in [5, 5.41) is 10.4. The highest BCUT2D eigenvalue weighted by Crippen LogP contribution is 2.27. The van der Waals surface area contributed by atoms with Gasteiger partial charge in [-0.05, 0) is 37.1 Å². The monoisotopic (exact) mass is 318 g/mol. The third-order valence-electron chi connectivity index (χ3n) is 4.00. The van der Waals surface area contributed by atoms with Crippen molar-refractivity contribution in [3.8, 4) is 0 Å². The molecule has 0 spiro atoms.